The summed E-state index contributed by atoms with van der Waals surface area (Å²) in [6, 6.07) is 21.2. The van der Waals surface area contributed by atoms with Gasteiger partial charge in [-0.15, -0.1) is 0 Å². The fourth-order valence-electron chi connectivity index (χ4n) is 4.00. The first-order valence-corrected chi connectivity index (χ1v) is 9.77. The Bertz CT molecular complexity index is 1030. The van der Waals surface area contributed by atoms with Gasteiger partial charge in [-0.3, -0.25) is 0 Å². The molecule has 4 rings (SSSR count). The normalized spacial score (nSPS) is 15.6. The topological polar surface area (TPSA) is 35.5 Å². The number of aryl methyl sites for hydroxylation is 1. The van der Waals surface area contributed by atoms with E-state index in [0.717, 1.165) is 12.8 Å². The number of hydrogen-bond acceptors (Lipinski definition) is 3. The van der Waals surface area contributed by atoms with Crippen LogP contribution in [-0.2, 0) is 6.42 Å². The predicted molar refractivity (Wildman–Crippen MR) is 110 cm³/mol. The largest absolute Gasteiger partial charge is 0.484 e. The van der Waals surface area contributed by atoms with Crippen molar-refractivity contribution in [3.63, 3.8) is 0 Å². The van der Waals surface area contributed by atoms with Crippen molar-refractivity contribution in [1.29, 1.82) is 0 Å². The maximum atomic E-state index is 14.5. The number of rotatable bonds is 5. The maximum Gasteiger partial charge on any atom is 0.343 e. The molecule has 0 aromatic heterocycles. The highest BCUT2D eigenvalue weighted by Crippen LogP contribution is 2.42. The van der Waals surface area contributed by atoms with E-state index in [1.807, 2.05) is 32.0 Å². The molecule has 0 fully saturated rings. The Kier molecular flexibility index (Phi) is 5.10. The molecule has 29 heavy (non-hydrogen) atoms. The molecule has 0 heterocycles. The van der Waals surface area contributed by atoms with Crippen LogP contribution in [0, 0.1) is 5.82 Å². The lowest BCUT2D eigenvalue weighted by Gasteiger charge is -2.33. The van der Waals surface area contributed by atoms with E-state index in [1.54, 1.807) is 24.3 Å². The summed E-state index contributed by atoms with van der Waals surface area (Å²) in [7, 11) is 0. The minimum atomic E-state index is -0.630. The van der Waals surface area contributed by atoms with Crippen LogP contribution in [0.3, 0.4) is 0 Å². The van der Waals surface area contributed by atoms with Crippen LogP contribution in [0.25, 0.3) is 0 Å². The van der Waals surface area contributed by atoms with Gasteiger partial charge < -0.3 is 9.47 Å². The standard InChI is InChI=1S/C25H23FO3/c1-25(2,21-14-12-17-8-6-7-11-20(17)21)29-23-16-18(13-15-22(23)26)24(27)28-19-9-4-3-5-10-19/h3-11,13,15-16,21H,12,14H2,1-2H3. The van der Waals surface area contributed by atoms with Crippen molar-refractivity contribution >= 4 is 5.97 Å². The monoisotopic (exact) mass is 390 g/mol. The van der Waals surface area contributed by atoms with Crippen LogP contribution in [0.1, 0.15) is 47.7 Å². The van der Waals surface area contributed by atoms with Crippen LogP contribution in [-0.4, -0.2) is 11.6 Å². The van der Waals surface area contributed by atoms with Crippen LogP contribution in [0.2, 0.25) is 0 Å². The minimum Gasteiger partial charge on any atom is -0.484 e. The Hall–Kier alpha value is -3.14. The molecule has 0 radical (unpaired) electrons. The third kappa shape index (κ3) is 4.02. The fraction of sp³-hybridized carbons (Fsp3) is 0.240. The van der Waals surface area contributed by atoms with Gasteiger partial charge in [0.2, 0.25) is 0 Å². The number of esters is 1. The lowest BCUT2D eigenvalue weighted by Crippen LogP contribution is -2.35. The second-order valence-electron chi connectivity index (χ2n) is 7.84. The highest BCUT2D eigenvalue weighted by molar-refractivity contribution is 5.91. The smallest absolute Gasteiger partial charge is 0.343 e. The second-order valence-corrected chi connectivity index (χ2v) is 7.84. The summed E-state index contributed by atoms with van der Waals surface area (Å²) in [4.78, 5) is 12.5. The summed E-state index contributed by atoms with van der Waals surface area (Å²) in [5.41, 5.74) is 2.18. The van der Waals surface area contributed by atoms with Crippen LogP contribution in [0.4, 0.5) is 4.39 Å². The van der Waals surface area contributed by atoms with Crippen molar-refractivity contribution in [2.75, 3.05) is 0 Å². The third-order valence-corrected chi connectivity index (χ3v) is 5.47. The van der Waals surface area contributed by atoms with E-state index in [-0.39, 0.29) is 17.2 Å². The van der Waals surface area contributed by atoms with Gasteiger partial charge in [0.05, 0.1) is 5.56 Å². The van der Waals surface area contributed by atoms with E-state index >= 15 is 0 Å². The molecule has 0 saturated carbocycles. The van der Waals surface area contributed by atoms with Gasteiger partial charge in [-0.1, -0.05) is 42.5 Å². The van der Waals surface area contributed by atoms with Crippen LogP contribution in [0.5, 0.6) is 11.5 Å². The summed E-state index contributed by atoms with van der Waals surface area (Å²) in [6.07, 6.45) is 1.93. The molecule has 0 amide bonds. The molecule has 1 unspecified atom stereocenters. The molecule has 3 nitrogen and oxygen atoms in total. The first kappa shape index (κ1) is 19.2. The number of carbonyl (C=O) groups excluding carboxylic acids is 1. The van der Waals surface area contributed by atoms with Gasteiger partial charge in [-0.2, -0.15) is 0 Å². The highest BCUT2D eigenvalue weighted by atomic mass is 19.1. The van der Waals surface area contributed by atoms with E-state index in [4.69, 9.17) is 9.47 Å². The predicted octanol–water partition coefficient (Wildman–Crippen LogP) is 5.93. The number of benzene rings is 3. The van der Waals surface area contributed by atoms with E-state index < -0.39 is 17.4 Å². The number of para-hydroxylation sites is 1. The Morgan fingerprint density at radius 2 is 1.72 bits per heavy atom. The third-order valence-electron chi connectivity index (χ3n) is 5.47. The van der Waals surface area contributed by atoms with E-state index in [0.29, 0.717) is 5.75 Å². The second kappa shape index (κ2) is 7.70. The van der Waals surface area contributed by atoms with Crippen molar-refractivity contribution in [1.82, 2.24) is 0 Å². The van der Waals surface area contributed by atoms with Crippen molar-refractivity contribution in [3.05, 3.63) is 95.3 Å². The summed E-state index contributed by atoms with van der Waals surface area (Å²) in [5.74, 6) is -0.405. The number of carbonyl (C=O) groups is 1. The van der Waals surface area contributed by atoms with Gasteiger partial charge in [0, 0.05) is 5.92 Å². The lowest BCUT2D eigenvalue weighted by atomic mass is 9.85. The number of hydrogen-bond donors (Lipinski definition) is 0. The van der Waals surface area contributed by atoms with Crippen LogP contribution in [0.15, 0.2) is 72.8 Å². The average molecular weight is 390 g/mol. The van der Waals surface area contributed by atoms with Gasteiger partial charge in [0.25, 0.3) is 0 Å². The van der Waals surface area contributed by atoms with E-state index in [9.17, 15) is 9.18 Å². The Balaban J connectivity index is 1.56. The molecule has 0 spiro atoms. The SMILES string of the molecule is CC(C)(Oc1cc(C(=O)Oc2ccccc2)ccc1F)C1CCc2ccccc21. The maximum absolute atomic E-state index is 14.5. The molecule has 3 aromatic carbocycles. The van der Waals surface area contributed by atoms with Gasteiger partial charge in [-0.25, -0.2) is 9.18 Å². The molecular formula is C25H23FO3. The molecule has 3 aromatic rings. The fourth-order valence-corrected chi connectivity index (χ4v) is 4.00. The van der Waals surface area contributed by atoms with Crippen molar-refractivity contribution in [2.24, 2.45) is 0 Å². The Labute approximate surface area is 170 Å². The molecule has 1 atom stereocenters. The Morgan fingerprint density at radius 3 is 2.52 bits per heavy atom. The lowest BCUT2D eigenvalue weighted by molar-refractivity contribution is 0.0697. The van der Waals surface area contributed by atoms with E-state index in [2.05, 4.69) is 12.1 Å². The summed E-state index contributed by atoms with van der Waals surface area (Å²) < 4.78 is 26.0. The van der Waals surface area contributed by atoms with Crippen LogP contribution < -0.4 is 9.47 Å². The Morgan fingerprint density at radius 1 is 1.00 bits per heavy atom. The first-order chi connectivity index (χ1) is 13.9. The summed E-state index contributed by atoms with van der Waals surface area (Å²) in [5, 5.41) is 0. The zero-order valence-electron chi connectivity index (χ0n) is 16.5. The zero-order chi connectivity index (χ0) is 20.4. The number of halogens is 1. The molecule has 1 aliphatic rings. The molecule has 0 N–H and O–H groups in total. The number of ether oxygens (including phenoxy) is 2. The quantitative estimate of drug-likeness (QED) is 0.400. The summed E-state index contributed by atoms with van der Waals surface area (Å²) >= 11 is 0. The number of fused-ring (bicyclic) bond motifs is 1. The molecule has 0 saturated heterocycles. The molecular weight excluding hydrogens is 367 g/mol. The summed E-state index contributed by atoms with van der Waals surface area (Å²) in [6.45, 7) is 3.93. The minimum absolute atomic E-state index is 0.0573. The molecule has 1 aliphatic carbocycles. The molecule has 0 aliphatic heterocycles. The van der Waals surface area contributed by atoms with Crippen molar-refractivity contribution in [3.8, 4) is 11.5 Å². The van der Waals surface area contributed by atoms with Gasteiger partial charge in [0.1, 0.15) is 11.4 Å². The molecule has 0 bridgehead atoms. The average Bonchev–Trinajstić information content (AvgIpc) is 3.15. The van der Waals surface area contributed by atoms with Crippen molar-refractivity contribution < 1.29 is 18.7 Å². The zero-order valence-corrected chi connectivity index (χ0v) is 16.5. The van der Waals surface area contributed by atoms with E-state index in [1.165, 1.54) is 29.3 Å². The first-order valence-electron chi connectivity index (χ1n) is 9.77. The van der Waals surface area contributed by atoms with Gasteiger partial charge >= 0.3 is 5.97 Å². The molecule has 4 heteroatoms. The highest BCUT2D eigenvalue weighted by Gasteiger charge is 2.37. The molecule has 148 valence electrons. The van der Waals surface area contributed by atoms with Gasteiger partial charge in [0.15, 0.2) is 11.6 Å². The van der Waals surface area contributed by atoms with Crippen molar-refractivity contribution in [2.45, 2.75) is 38.2 Å². The van der Waals surface area contributed by atoms with Gasteiger partial charge in [-0.05, 0) is 68.1 Å². The van der Waals surface area contributed by atoms with Crippen LogP contribution >= 0.6 is 0 Å².